The molecule has 35 heavy (non-hydrogen) atoms. The van der Waals surface area contributed by atoms with Gasteiger partial charge in [0.1, 0.15) is 5.75 Å². The quantitative estimate of drug-likeness (QED) is 0.183. The molecule has 1 aromatic carbocycles. The van der Waals surface area contributed by atoms with Gasteiger partial charge in [-0.15, -0.1) is 0 Å². The number of hydrogen-bond acceptors (Lipinski definition) is 4. The van der Waals surface area contributed by atoms with Gasteiger partial charge < -0.3 is 21.1 Å². The number of hydrogen-bond donors (Lipinski definition) is 4. The molecule has 2 aliphatic rings. The fraction of sp³-hybridized carbons (Fsp3) is 0.633. The van der Waals surface area contributed by atoms with Crippen LogP contribution in [0, 0.1) is 17.8 Å². The van der Waals surface area contributed by atoms with Gasteiger partial charge in [-0.1, -0.05) is 61.1 Å². The summed E-state index contributed by atoms with van der Waals surface area (Å²) in [5.41, 5.74) is 9.84. The zero-order chi connectivity index (χ0) is 25.0. The van der Waals surface area contributed by atoms with Gasteiger partial charge in [0.15, 0.2) is 0 Å². The molecule has 3 rings (SSSR count). The Morgan fingerprint density at radius 2 is 1.80 bits per heavy atom. The second-order valence-electron chi connectivity index (χ2n) is 10.7. The molecule has 0 saturated heterocycles. The fourth-order valence-corrected chi connectivity index (χ4v) is 6.17. The van der Waals surface area contributed by atoms with Gasteiger partial charge in [0.25, 0.3) is 0 Å². The van der Waals surface area contributed by atoms with Crippen molar-refractivity contribution in [1.82, 2.24) is 0 Å². The van der Waals surface area contributed by atoms with Crippen LogP contribution in [0.2, 0.25) is 0 Å². The Hall–Kier alpha value is -2.11. The fourth-order valence-electron chi connectivity index (χ4n) is 6.17. The van der Waals surface area contributed by atoms with Crippen molar-refractivity contribution >= 4 is 5.97 Å². The van der Waals surface area contributed by atoms with Crippen molar-refractivity contribution < 1.29 is 20.1 Å². The molecule has 1 fully saturated rings. The number of aromatic hydroxyl groups is 1. The van der Waals surface area contributed by atoms with Gasteiger partial charge in [0, 0.05) is 12.5 Å². The normalized spacial score (nSPS) is 24.5. The molecule has 1 aromatic rings. The van der Waals surface area contributed by atoms with E-state index in [1.165, 1.54) is 56.1 Å². The lowest BCUT2D eigenvalue weighted by Gasteiger charge is -2.34. The number of unbranched alkanes of at least 4 members (excludes halogenated alkanes) is 3. The van der Waals surface area contributed by atoms with Gasteiger partial charge in [-0.2, -0.15) is 0 Å². The minimum absolute atomic E-state index is 0.0179. The van der Waals surface area contributed by atoms with E-state index in [1.807, 2.05) is 6.08 Å². The third kappa shape index (κ3) is 9.12. The number of aliphatic carboxylic acids is 1. The molecular weight excluding hydrogens is 438 g/mol. The molecule has 5 N–H and O–H groups in total. The maximum Gasteiger partial charge on any atom is 0.304 e. The molecule has 194 valence electrons. The SMILES string of the molecule is NCCC1=C[C@H](CCCCCC[C@@H]2CC(=C[C@H](CO)CC(=O)O)CC[C@@H]2c2ccc(O)cc2)CC1. The average Bonchev–Trinajstić information content (AvgIpc) is 3.29. The van der Waals surface area contributed by atoms with Crippen molar-refractivity contribution in [2.45, 2.75) is 89.4 Å². The Bertz CT molecular complexity index is 844. The maximum atomic E-state index is 11.1. The van der Waals surface area contributed by atoms with Gasteiger partial charge in [-0.3, -0.25) is 4.79 Å². The highest BCUT2D eigenvalue weighted by Gasteiger charge is 2.29. The molecule has 0 aliphatic heterocycles. The van der Waals surface area contributed by atoms with Gasteiger partial charge in [0.2, 0.25) is 0 Å². The van der Waals surface area contributed by atoms with Crippen LogP contribution in [0.25, 0.3) is 0 Å². The highest BCUT2D eigenvalue weighted by atomic mass is 16.4. The standard InChI is InChI=1S/C30H45NO4/c31-16-15-23-8-7-22(17-23)5-3-1-2-4-6-27-19-24(18-25(21-32)20-30(34)35)9-14-29(27)26-10-12-28(33)13-11-26/h10-13,17-18,22,25,27,29,32-33H,1-9,14-16,19-21,31H2,(H,34,35)/t22-,25+,27-,29-/m1/s1. The summed E-state index contributed by atoms with van der Waals surface area (Å²) in [6.45, 7) is 0.647. The van der Waals surface area contributed by atoms with Gasteiger partial charge in [0.05, 0.1) is 6.42 Å². The summed E-state index contributed by atoms with van der Waals surface area (Å²) in [7, 11) is 0. The largest absolute Gasteiger partial charge is 0.508 e. The van der Waals surface area contributed by atoms with E-state index in [4.69, 9.17) is 10.8 Å². The van der Waals surface area contributed by atoms with E-state index in [9.17, 15) is 15.0 Å². The number of carbonyl (C=O) groups is 1. The summed E-state index contributed by atoms with van der Waals surface area (Å²) < 4.78 is 0. The van der Waals surface area contributed by atoms with E-state index < -0.39 is 5.97 Å². The Balaban J connectivity index is 1.51. The number of carboxylic acid groups (broad SMARTS) is 1. The van der Waals surface area contributed by atoms with Crippen LogP contribution in [0.5, 0.6) is 5.75 Å². The number of aliphatic hydroxyl groups is 1. The summed E-state index contributed by atoms with van der Waals surface area (Å²) in [5.74, 6) is 0.868. The third-order valence-corrected chi connectivity index (χ3v) is 8.01. The number of allylic oxidation sites excluding steroid dienone is 2. The Morgan fingerprint density at radius 1 is 1.06 bits per heavy atom. The second-order valence-corrected chi connectivity index (χ2v) is 10.7. The number of nitrogens with two attached hydrogens (primary N) is 1. The molecule has 1 saturated carbocycles. The Kier molecular flexibility index (Phi) is 11.3. The second kappa shape index (κ2) is 14.4. The molecule has 0 unspecified atom stereocenters. The number of rotatable bonds is 14. The molecule has 5 nitrogen and oxygen atoms in total. The smallest absolute Gasteiger partial charge is 0.304 e. The van der Waals surface area contributed by atoms with Crippen molar-refractivity contribution in [1.29, 1.82) is 0 Å². The van der Waals surface area contributed by atoms with E-state index in [2.05, 4.69) is 18.2 Å². The lowest BCUT2D eigenvalue weighted by atomic mass is 9.71. The maximum absolute atomic E-state index is 11.1. The predicted molar refractivity (Wildman–Crippen MR) is 141 cm³/mol. The first-order chi connectivity index (χ1) is 17.0. The minimum Gasteiger partial charge on any atom is -0.508 e. The minimum atomic E-state index is -0.862. The number of carboxylic acids is 1. The van der Waals surface area contributed by atoms with Crippen LogP contribution in [0.4, 0.5) is 0 Å². The molecule has 2 aliphatic carbocycles. The summed E-state index contributed by atoms with van der Waals surface area (Å²) in [6.07, 6.45) is 18.5. The first kappa shape index (κ1) is 27.5. The van der Waals surface area contributed by atoms with E-state index in [0.29, 0.717) is 17.6 Å². The zero-order valence-electron chi connectivity index (χ0n) is 21.2. The van der Waals surface area contributed by atoms with E-state index in [1.54, 1.807) is 17.7 Å². The van der Waals surface area contributed by atoms with E-state index in [-0.39, 0.29) is 18.9 Å². The van der Waals surface area contributed by atoms with Crippen LogP contribution in [0.1, 0.15) is 95.0 Å². The van der Waals surface area contributed by atoms with E-state index >= 15 is 0 Å². The first-order valence-corrected chi connectivity index (χ1v) is 13.7. The van der Waals surface area contributed by atoms with Crippen molar-refractivity contribution in [3.63, 3.8) is 0 Å². The monoisotopic (exact) mass is 483 g/mol. The van der Waals surface area contributed by atoms with E-state index in [0.717, 1.165) is 44.6 Å². The topological polar surface area (TPSA) is 104 Å². The zero-order valence-corrected chi connectivity index (χ0v) is 21.2. The molecule has 0 amide bonds. The predicted octanol–water partition coefficient (Wildman–Crippen LogP) is 6.31. The van der Waals surface area contributed by atoms with Gasteiger partial charge in [-0.25, -0.2) is 0 Å². The number of benzene rings is 1. The van der Waals surface area contributed by atoms with Crippen molar-refractivity contribution in [3.05, 3.63) is 53.1 Å². The van der Waals surface area contributed by atoms with Crippen LogP contribution < -0.4 is 5.73 Å². The number of phenolic OH excluding ortho intramolecular Hbond substituents is 1. The Labute approximate surface area is 211 Å². The molecule has 0 radical (unpaired) electrons. The summed E-state index contributed by atoms with van der Waals surface area (Å²) in [6, 6.07) is 7.67. The third-order valence-electron chi connectivity index (χ3n) is 8.01. The molecule has 0 bridgehead atoms. The summed E-state index contributed by atoms with van der Waals surface area (Å²) >= 11 is 0. The molecule has 0 spiro atoms. The van der Waals surface area contributed by atoms with Crippen molar-refractivity contribution in [2.75, 3.05) is 13.2 Å². The molecule has 4 atom stereocenters. The number of phenols is 1. The summed E-state index contributed by atoms with van der Waals surface area (Å²) in [4.78, 5) is 11.1. The molecule has 0 heterocycles. The van der Waals surface area contributed by atoms with Crippen LogP contribution in [-0.2, 0) is 4.79 Å². The average molecular weight is 484 g/mol. The molecule has 5 heteroatoms. The van der Waals surface area contributed by atoms with Crippen LogP contribution in [0.3, 0.4) is 0 Å². The van der Waals surface area contributed by atoms with Crippen molar-refractivity contribution in [2.24, 2.45) is 23.5 Å². The van der Waals surface area contributed by atoms with Gasteiger partial charge >= 0.3 is 5.97 Å². The van der Waals surface area contributed by atoms with Crippen LogP contribution in [0.15, 0.2) is 47.6 Å². The van der Waals surface area contributed by atoms with Crippen molar-refractivity contribution in [3.8, 4) is 5.75 Å². The highest BCUT2D eigenvalue weighted by Crippen LogP contribution is 2.43. The summed E-state index contributed by atoms with van der Waals surface area (Å²) in [5, 5.41) is 28.5. The number of aliphatic hydroxyl groups excluding tert-OH is 1. The van der Waals surface area contributed by atoms with Crippen LogP contribution in [-0.4, -0.2) is 34.4 Å². The van der Waals surface area contributed by atoms with Gasteiger partial charge in [-0.05, 0) is 93.4 Å². The van der Waals surface area contributed by atoms with Crippen LogP contribution >= 0.6 is 0 Å². The lowest BCUT2D eigenvalue weighted by molar-refractivity contribution is -0.138. The molecular formula is C30H45NO4. The lowest BCUT2D eigenvalue weighted by Crippen LogP contribution is -2.20. The molecule has 0 aromatic heterocycles. The first-order valence-electron chi connectivity index (χ1n) is 13.7. The Morgan fingerprint density at radius 3 is 2.49 bits per heavy atom. The highest BCUT2D eigenvalue weighted by molar-refractivity contribution is 5.67.